The van der Waals surface area contributed by atoms with Crippen LogP contribution in [0.4, 0.5) is 0 Å². The molecule has 132 valence electrons. The van der Waals surface area contributed by atoms with Gasteiger partial charge in [-0.15, -0.1) is 24.0 Å². The zero-order valence-electron chi connectivity index (χ0n) is 14.0. The molecule has 1 aliphatic rings. The Kier molecular flexibility index (Phi) is 7.34. The Balaban J connectivity index is 0.00000208. The van der Waals surface area contributed by atoms with E-state index in [1.54, 1.807) is 0 Å². The van der Waals surface area contributed by atoms with Crippen LogP contribution in [0.1, 0.15) is 44.9 Å². The largest absolute Gasteiger partial charge is 0.370 e. The van der Waals surface area contributed by atoms with Crippen LogP contribution in [0.3, 0.4) is 0 Å². The molecular formula is C17H25BrIN5. The second-order valence-electron chi connectivity index (χ2n) is 6.09. The van der Waals surface area contributed by atoms with Gasteiger partial charge in [-0.2, -0.15) is 0 Å². The number of rotatable bonds is 4. The first-order chi connectivity index (χ1) is 11.2. The normalized spacial score (nSPS) is 16.2. The molecule has 0 saturated heterocycles. The topological polar surface area (TPSA) is 68.2 Å². The van der Waals surface area contributed by atoms with Gasteiger partial charge in [0.1, 0.15) is 12.4 Å². The van der Waals surface area contributed by atoms with Gasteiger partial charge in [0.05, 0.1) is 11.0 Å². The van der Waals surface area contributed by atoms with E-state index < -0.39 is 0 Å². The predicted octanol–water partition coefficient (Wildman–Crippen LogP) is 4.17. The summed E-state index contributed by atoms with van der Waals surface area (Å²) < 4.78 is 3.23. The molecule has 0 atom stereocenters. The number of guanidine groups is 1. The maximum atomic E-state index is 6.06. The van der Waals surface area contributed by atoms with E-state index in [2.05, 4.69) is 43.8 Å². The molecule has 24 heavy (non-hydrogen) atoms. The molecule has 1 aromatic carbocycles. The van der Waals surface area contributed by atoms with E-state index in [0.717, 1.165) is 27.9 Å². The number of fused-ring (bicyclic) bond motifs is 1. The minimum Gasteiger partial charge on any atom is -0.370 e. The lowest BCUT2D eigenvalue weighted by atomic mass is 9.96. The molecule has 0 spiro atoms. The summed E-state index contributed by atoms with van der Waals surface area (Å²) in [5.74, 6) is 1.49. The molecule has 3 N–H and O–H groups in total. The summed E-state index contributed by atoms with van der Waals surface area (Å²) in [5.41, 5.74) is 8.19. The molecule has 0 bridgehead atoms. The van der Waals surface area contributed by atoms with Crippen molar-refractivity contribution in [3.05, 3.63) is 28.5 Å². The Hall–Kier alpha value is -0.830. The van der Waals surface area contributed by atoms with Crippen molar-refractivity contribution in [3.63, 3.8) is 0 Å². The van der Waals surface area contributed by atoms with E-state index in [4.69, 9.17) is 10.7 Å². The number of hydrogen-bond acceptors (Lipinski definition) is 2. The Labute approximate surface area is 168 Å². The van der Waals surface area contributed by atoms with Crippen molar-refractivity contribution in [2.24, 2.45) is 10.7 Å². The fourth-order valence-electron chi connectivity index (χ4n) is 3.28. The Morgan fingerprint density at radius 3 is 2.83 bits per heavy atom. The zero-order chi connectivity index (χ0) is 16.2. The number of nitrogens with one attached hydrogen (secondary N) is 1. The van der Waals surface area contributed by atoms with Crippen molar-refractivity contribution in [1.29, 1.82) is 0 Å². The van der Waals surface area contributed by atoms with Gasteiger partial charge in [-0.05, 0) is 38.0 Å². The second kappa shape index (κ2) is 9.03. The molecule has 1 saturated carbocycles. The standard InChI is InChI=1S/C17H24BrN5.HI/c1-2-23-15-9-8-12(18)10-14(15)22-16(23)11-20-17(19)21-13-6-4-3-5-7-13;/h8-10,13H,2-7,11H2,1H3,(H3,19,20,21);1H. The molecule has 3 rings (SSSR count). The number of aliphatic imine (C=N–C) groups is 1. The van der Waals surface area contributed by atoms with Crippen LogP contribution in [0.2, 0.25) is 0 Å². The van der Waals surface area contributed by atoms with Crippen LogP contribution in [0.5, 0.6) is 0 Å². The van der Waals surface area contributed by atoms with Crippen molar-refractivity contribution >= 4 is 56.9 Å². The van der Waals surface area contributed by atoms with Crippen LogP contribution in [0.25, 0.3) is 11.0 Å². The Bertz CT molecular complexity index is 706. The molecule has 1 aliphatic carbocycles. The van der Waals surface area contributed by atoms with E-state index in [0.29, 0.717) is 18.5 Å². The Morgan fingerprint density at radius 2 is 2.12 bits per heavy atom. The minimum absolute atomic E-state index is 0. The highest BCUT2D eigenvalue weighted by atomic mass is 127. The van der Waals surface area contributed by atoms with Crippen LogP contribution >= 0.6 is 39.9 Å². The fourth-order valence-corrected chi connectivity index (χ4v) is 3.63. The van der Waals surface area contributed by atoms with E-state index >= 15 is 0 Å². The van der Waals surface area contributed by atoms with Crippen molar-refractivity contribution in [2.75, 3.05) is 0 Å². The van der Waals surface area contributed by atoms with Gasteiger partial charge in [-0.25, -0.2) is 9.98 Å². The molecular weight excluding hydrogens is 481 g/mol. The molecule has 1 aromatic heterocycles. The van der Waals surface area contributed by atoms with Crippen LogP contribution in [0.15, 0.2) is 27.7 Å². The number of benzene rings is 1. The lowest BCUT2D eigenvalue weighted by Gasteiger charge is -2.23. The SMILES string of the molecule is CCn1c(CN=C(N)NC2CCCCC2)nc2cc(Br)ccc21.I. The lowest BCUT2D eigenvalue weighted by Crippen LogP contribution is -2.41. The smallest absolute Gasteiger partial charge is 0.189 e. The van der Waals surface area contributed by atoms with Gasteiger partial charge in [0, 0.05) is 17.1 Å². The van der Waals surface area contributed by atoms with Crippen LogP contribution < -0.4 is 11.1 Å². The highest BCUT2D eigenvalue weighted by Gasteiger charge is 2.14. The maximum Gasteiger partial charge on any atom is 0.189 e. The molecule has 7 heteroatoms. The molecule has 1 heterocycles. The highest BCUT2D eigenvalue weighted by Crippen LogP contribution is 2.21. The fraction of sp³-hybridized carbons (Fsp3) is 0.529. The van der Waals surface area contributed by atoms with Gasteiger partial charge in [-0.3, -0.25) is 0 Å². The van der Waals surface area contributed by atoms with Crippen LogP contribution in [0, 0.1) is 0 Å². The number of imidazole rings is 1. The lowest BCUT2D eigenvalue weighted by molar-refractivity contribution is 0.412. The maximum absolute atomic E-state index is 6.06. The van der Waals surface area contributed by atoms with Gasteiger partial charge in [0.25, 0.3) is 0 Å². The van der Waals surface area contributed by atoms with Crippen molar-refractivity contribution in [1.82, 2.24) is 14.9 Å². The summed E-state index contributed by atoms with van der Waals surface area (Å²) in [4.78, 5) is 9.21. The minimum atomic E-state index is 0. The molecule has 2 aromatic rings. The molecule has 0 amide bonds. The van der Waals surface area contributed by atoms with Gasteiger partial charge < -0.3 is 15.6 Å². The Morgan fingerprint density at radius 1 is 1.38 bits per heavy atom. The zero-order valence-corrected chi connectivity index (χ0v) is 17.9. The van der Waals surface area contributed by atoms with E-state index in [-0.39, 0.29) is 24.0 Å². The summed E-state index contributed by atoms with van der Waals surface area (Å²) in [5, 5.41) is 3.35. The predicted molar refractivity (Wildman–Crippen MR) is 114 cm³/mol. The van der Waals surface area contributed by atoms with Crippen molar-refractivity contribution in [3.8, 4) is 0 Å². The number of nitrogens with zero attached hydrogens (tertiary/aromatic N) is 3. The first-order valence-electron chi connectivity index (χ1n) is 8.38. The molecule has 5 nitrogen and oxygen atoms in total. The van der Waals surface area contributed by atoms with Crippen molar-refractivity contribution < 1.29 is 0 Å². The monoisotopic (exact) mass is 505 g/mol. The number of aromatic nitrogens is 2. The third kappa shape index (κ3) is 4.62. The third-order valence-electron chi connectivity index (χ3n) is 4.45. The van der Waals surface area contributed by atoms with E-state index in [1.165, 1.54) is 32.1 Å². The van der Waals surface area contributed by atoms with Crippen LogP contribution in [-0.4, -0.2) is 21.6 Å². The third-order valence-corrected chi connectivity index (χ3v) is 4.95. The molecule has 0 aliphatic heterocycles. The number of nitrogens with two attached hydrogens (primary N) is 1. The summed E-state index contributed by atoms with van der Waals surface area (Å²) >= 11 is 3.50. The summed E-state index contributed by atoms with van der Waals surface area (Å²) in [6.07, 6.45) is 6.29. The highest BCUT2D eigenvalue weighted by molar-refractivity contribution is 14.0. The van der Waals surface area contributed by atoms with Gasteiger partial charge in [0.15, 0.2) is 5.96 Å². The quantitative estimate of drug-likeness (QED) is 0.372. The first-order valence-corrected chi connectivity index (χ1v) is 9.18. The summed E-state index contributed by atoms with van der Waals surface area (Å²) in [7, 11) is 0. The summed E-state index contributed by atoms with van der Waals surface area (Å²) in [6, 6.07) is 6.65. The number of hydrogen-bond donors (Lipinski definition) is 2. The number of halogens is 2. The summed E-state index contributed by atoms with van der Waals surface area (Å²) in [6.45, 7) is 3.50. The second-order valence-corrected chi connectivity index (χ2v) is 7.00. The van der Waals surface area contributed by atoms with Gasteiger partial charge in [-0.1, -0.05) is 35.2 Å². The van der Waals surface area contributed by atoms with E-state index in [9.17, 15) is 0 Å². The van der Waals surface area contributed by atoms with E-state index in [1.807, 2.05) is 12.1 Å². The average molecular weight is 506 g/mol. The average Bonchev–Trinajstić information content (AvgIpc) is 2.90. The number of aryl methyl sites for hydroxylation is 1. The van der Waals surface area contributed by atoms with Crippen LogP contribution in [-0.2, 0) is 13.1 Å². The molecule has 1 fully saturated rings. The van der Waals surface area contributed by atoms with Gasteiger partial charge in [0.2, 0.25) is 0 Å². The van der Waals surface area contributed by atoms with Crippen molar-refractivity contribution in [2.45, 2.75) is 58.2 Å². The molecule has 0 radical (unpaired) electrons. The van der Waals surface area contributed by atoms with Gasteiger partial charge >= 0.3 is 0 Å². The first kappa shape index (κ1) is 19.5. The molecule has 0 unspecified atom stereocenters.